The molecule has 0 radical (unpaired) electrons. The SMILES string of the molecule is COc1ccc(NC2=NC(=N/C=C(/C)NCCc3ccc(OC)cc3OC)S2)cc1. The Balaban J connectivity index is 1.46. The maximum Gasteiger partial charge on any atom is 0.197 e. The van der Waals surface area contributed by atoms with E-state index in [1.807, 2.05) is 49.4 Å². The smallest absolute Gasteiger partial charge is 0.197 e. The summed E-state index contributed by atoms with van der Waals surface area (Å²) in [6.45, 7) is 2.76. The van der Waals surface area contributed by atoms with Gasteiger partial charge in [-0.25, -0.2) is 4.99 Å². The lowest BCUT2D eigenvalue weighted by Crippen LogP contribution is -2.19. The van der Waals surface area contributed by atoms with Crippen LogP contribution in [0.5, 0.6) is 17.2 Å². The maximum absolute atomic E-state index is 5.44. The van der Waals surface area contributed by atoms with Crippen molar-refractivity contribution in [2.45, 2.75) is 13.3 Å². The molecule has 0 saturated heterocycles. The molecule has 0 unspecified atom stereocenters. The second kappa shape index (κ2) is 10.6. The number of thioether (sulfide) groups is 1. The molecule has 1 heterocycles. The summed E-state index contributed by atoms with van der Waals surface area (Å²) < 4.78 is 15.8. The van der Waals surface area contributed by atoms with Gasteiger partial charge in [0, 0.05) is 30.2 Å². The molecular weight excluding hydrogens is 400 g/mol. The summed E-state index contributed by atoms with van der Waals surface area (Å²) >= 11 is 1.51. The van der Waals surface area contributed by atoms with Gasteiger partial charge in [0.05, 0.1) is 21.3 Å². The summed E-state index contributed by atoms with van der Waals surface area (Å²) in [7, 11) is 4.97. The van der Waals surface area contributed by atoms with Gasteiger partial charge in [0.1, 0.15) is 17.2 Å². The average molecular weight is 427 g/mol. The van der Waals surface area contributed by atoms with Crippen molar-refractivity contribution in [1.29, 1.82) is 0 Å². The summed E-state index contributed by atoms with van der Waals surface area (Å²) in [6, 6.07) is 13.6. The first-order valence-corrected chi connectivity index (χ1v) is 10.3. The minimum atomic E-state index is 0.726. The summed E-state index contributed by atoms with van der Waals surface area (Å²) in [5, 5.41) is 8.15. The Hall–Kier alpha value is -3.13. The first-order chi connectivity index (χ1) is 14.6. The van der Waals surface area contributed by atoms with Crippen LogP contribution in [0.25, 0.3) is 0 Å². The zero-order chi connectivity index (χ0) is 21.3. The van der Waals surface area contributed by atoms with Crippen molar-refractivity contribution >= 4 is 27.8 Å². The third-order valence-electron chi connectivity index (χ3n) is 4.39. The van der Waals surface area contributed by atoms with Crippen LogP contribution >= 0.6 is 11.8 Å². The van der Waals surface area contributed by atoms with Crippen molar-refractivity contribution < 1.29 is 14.2 Å². The van der Waals surface area contributed by atoms with E-state index in [2.05, 4.69) is 20.6 Å². The Bertz CT molecular complexity index is 955. The molecule has 0 aliphatic carbocycles. The fraction of sp³-hybridized carbons (Fsp3) is 0.273. The van der Waals surface area contributed by atoms with E-state index in [9.17, 15) is 0 Å². The molecule has 7 nitrogen and oxygen atoms in total. The molecule has 3 rings (SSSR count). The van der Waals surface area contributed by atoms with Crippen molar-refractivity contribution in [3.05, 3.63) is 59.9 Å². The molecular formula is C22H26N4O3S. The molecule has 1 aliphatic rings. The van der Waals surface area contributed by atoms with Gasteiger partial charge in [0.25, 0.3) is 0 Å². The van der Waals surface area contributed by atoms with E-state index >= 15 is 0 Å². The number of hydrogen-bond donors (Lipinski definition) is 2. The van der Waals surface area contributed by atoms with Gasteiger partial charge in [-0.15, -0.1) is 0 Å². The van der Waals surface area contributed by atoms with Crippen molar-refractivity contribution in [1.82, 2.24) is 5.32 Å². The second-order valence-corrected chi connectivity index (χ2v) is 7.41. The van der Waals surface area contributed by atoms with E-state index in [1.54, 1.807) is 27.5 Å². The van der Waals surface area contributed by atoms with Crippen LogP contribution in [0, 0.1) is 0 Å². The lowest BCUT2D eigenvalue weighted by atomic mass is 10.1. The molecule has 0 atom stereocenters. The van der Waals surface area contributed by atoms with Gasteiger partial charge in [-0.3, -0.25) is 0 Å². The van der Waals surface area contributed by atoms with Crippen LogP contribution in [-0.2, 0) is 6.42 Å². The van der Waals surface area contributed by atoms with E-state index in [1.165, 1.54) is 11.8 Å². The normalized spacial score (nSPS) is 14.6. The monoisotopic (exact) mass is 426 g/mol. The van der Waals surface area contributed by atoms with Gasteiger partial charge in [-0.1, -0.05) is 6.07 Å². The highest BCUT2D eigenvalue weighted by Gasteiger charge is 2.17. The zero-order valence-electron chi connectivity index (χ0n) is 17.6. The van der Waals surface area contributed by atoms with Crippen LogP contribution in [-0.4, -0.2) is 38.2 Å². The van der Waals surface area contributed by atoms with Gasteiger partial charge < -0.3 is 24.8 Å². The van der Waals surface area contributed by atoms with E-state index in [-0.39, 0.29) is 0 Å². The molecule has 0 saturated carbocycles. The third-order valence-corrected chi connectivity index (χ3v) is 5.15. The molecule has 0 spiro atoms. The molecule has 8 heteroatoms. The number of hydrogen-bond acceptors (Lipinski definition) is 7. The fourth-order valence-electron chi connectivity index (χ4n) is 2.74. The number of allylic oxidation sites excluding steroid dienone is 1. The number of nitrogens with one attached hydrogen (secondary N) is 2. The molecule has 0 fully saturated rings. The van der Waals surface area contributed by atoms with Gasteiger partial charge in [-0.05, 0) is 61.0 Å². The number of ether oxygens (including phenoxy) is 3. The molecule has 158 valence electrons. The average Bonchev–Trinajstić information content (AvgIpc) is 2.75. The molecule has 2 N–H and O–H groups in total. The quantitative estimate of drug-likeness (QED) is 0.623. The predicted molar refractivity (Wildman–Crippen MR) is 124 cm³/mol. The number of rotatable bonds is 9. The van der Waals surface area contributed by atoms with Crippen LogP contribution in [0.1, 0.15) is 12.5 Å². The van der Waals surface area contributed by atoms with E-state index in [0.717, 1.165) is 57.5 Å². The number of nitrogens with zero attached hydrogens (tertiary/aromatic N) is 2. The molecule has 30 heavy (non-hydrogen) atoms. The summed E-state index contributed by atoms with van der Waals surface area (Å²) in [5.74, 6) is 2.44. The number of anilines is 1. The van der Waals surface area contributed by atoms with Crippen LogP contribution in [0.4, 0.5) is 5.69 Å². The minimum absolute atomic E-state index is 0.726. The van der Waals surface area contributed by atoms with E-state index in [4.69, 9.17) is 14.2 Å². The highest BCUT2D eigenvalue weighted by Crippen LogP contribution is 2.25. The zero-order valence-corrected chi connectivity index (χ0v) is 18.4. The van der Waals surface area contributed by atoms with Crippen molar-refractivity contribution in [3.8, 4) is 17.2 Å². The van der Waals surface area contributed by atoms with Gasteiger partial charge in [0.2, 0.25) is 0 Å². The molecule has 2 aromatic rings. The summed E-state index contributed by atoms with van der Waals surface area (Å²) in [6.07, 6.45) is 2.62. The number of aliphatic imine (C=N–C) groups is 2. The van der Waals surface area contributed by atoms with Crippen molar-refractivity contribution in [2.24, 2.45) is 9.98 Å². The Labute approximate surface area is 181 Å². The molecule has 0 bridgehead atoms. The van der Waals surface area contributed by atoms with Crippen molar-refractivity contribution in [3.63, 3.8) is 0 Å². The van der Waals surface area contributed by atoms with Crippen LogP contribution in [0.3, 0.4) is 0 Å². The van der Waals surface area contributed by atoms with Gasteiger partial charge in [0.15, 0.2) is 10.3 Å². The van der Waals surface area contributed by atoms with Gasteiger partial charge >= 0.3 is 0 Å². The Morgan fingerprint density at radius 3 is 2.40 bits per heavy atom. The van der Waals surface area contributed by atoms with Gasteiger partial charge in [-0.2, -0.15) is 4.99 Å². The summed E-state index contributed by atoms with van der Waals surface area (Å²) in [5.41, 5.74) is 3.06. The Kier molecular flexibility index (Phi) is 7.62. The Morgan fingerprint density at radius 2 is 1.73 bits per heavy atom. The van der Waals surface area contributed by atoms with Crippen LogP contribution in [0.15, 0.2) is 64.3 Å². The second-order valence-electron chi connectivity index (χ2n) is 6.45. The standard InChI is InChI=1S/C22H26N4O3S/c1-15(23-12-11-16-5-8-19(28-3)13-20(16)29-4)14-24-21-26-22(30-21)25-17-6-9-18(27-2)10-7-17/h5-10,13-14,23H,11-12H2,1-4H3,(H,24,25,26)/b15-14-. The lowest BCUT2D eigenvalue weighted by molar-refractivity contribution is 0.391. The molecule has 1 aliphatic heterocycles. The Morgan fingerprint density at radius 1 is 1.03 bits per heavy atom. The highest BCUT2D eigenvalue weighted by atomic mass is 32.2. The largest absolute Gasteiger partial charge is 0.497 e. The first-order valence-electron chi connectivity index (χ1n) is 9.48. The number of amidine groups is 2. The van der Waals surface area contributed by atoms with Crippen molar-refractivity contribution in [2.75, 3.05) is 33.2 Å². The van der Waals surface area contributed by atoms with Crippen LogP contribution < -0.4 is 24.8 Å². The van der Waals surface area contributed by atoms with E-state index in [0.29, 0.717) is 0 Å². The number of methoxy groups -OCH3 is 3. The predicted octanol–water partition coefficient (Wildman–Crippen LogP) is 4.28. The van der Waals surface area contributed by atoms with Crippen LogP contribution in [0.2, 0.25) is 0 Å². The maximum atomic E-state index is 5.44. The summed E-state index contributed by atoms with van der Waals surface area (Å²) in [4.78, 5) is 8.78. The topological polar surface area (TPSA) is 76.5 Å². The first kappa shape index (κ1) is 21.6. The third kappa shape index (κ3) is 5.93. The minimum Gasteiger partial charge on any atom is -0.497 e. The fourth-order valence-corrected chi connectivity index (χ4v) is 3.32. The molecule has 2 aromatic carbocycles. The van der Waals surface area contributed by atoms with E-state index < -0.39 is 0 Å². The lowest BCUT2D eigenvalue weighted by Gasteiger charge is -2.16. The highest BCUT2D eigenvalue weighted by molar-refractivity contribution is 8.29. The molecule has 0 amide bonds. The number of benzene rings is 2. The molecule has 0 aromatic heterocycles.